The van der Waals surface area contributed by atoms with Gasteiger partial charge in [-0.15, -0.1) is 0 Å². The van der Waals surface area contributed by atoms with E-state index in [-0.39, 0.29) is 17.9 Å². The van der Waals surface area contributed by atoms with Crippen molar-refractivity contribution in [3.63, 3.8) is 0 Å². The van der Waals surface area contributed by atoms with Crippen molar-refractivity contribution in [2.75, 3.05) is 0 Å². The highest BCUT2D eigenvalue weighted by molar-refractivity contribution is 6.30. The lowest BCUT2D eigenvalue weighted by Crippen LogP contribution is -2.50. The third-order valence-electron chi connectivity index (χ3n) is 5.57. The molecule has 0 aliphatic rings. The van der Waals surface area contributed by atoms with E-state index >= 15 is 0 Å². The van der Waals surface area contributed by atoms with Crippen LogP contribution in [0.4, 0.5) is 0 Å². The number of amides is 2. The van der Waals surface area contributed by atoms with Gasteiger partial charge in [0.25, 0.3) is 0 Å². The first-order chi connectivity index (χ1) is 15.4. The second-order valence-electron chi connectivity index (χ2n) is 8.37. The van der Waals surface area contributed by atoms with Gasteiger partial charge in [0.2, 0.25) is 11.8 Å². The summed E-state index contributed by atoms with van der Waals surface area (Å²) >= 11 is 6.03. The lowest BCUT2D eigenvalue weighted by atomic mass is 10.00. The Morgan fingerprint density at radius 2 is 1.66 bits per heavy atom. The number of benzene rings is 3. The van der Waals surface area contributed by atoms with Crippen LogP contribution in [0.3, 0.4) is 0 Å². The molecule has 1 atom stereocenters. The van der Waals surface area contributed by atoms with Crippen molar-refractivity contribution in [2.24, 2.45) is 0 Å². The molecule has 0 saturated carbocycles. The molecule has 2 amide bonds. The molecule has 4 nitrogen and oxygen atoms in total. The Morgan fingerprint density at radius 1 is 0.969 bits per heavy atom. The van der Waals surface area contributed by atoms with E-state index in [2.05, 4.69) is 29.6 Å². The maximum Gasteiger partial charge on any atom is 0.243 e. The molecule has 0 aliphatic carbocycles. The van der Waals surface area contributed by atoms with E-state index in [9.17, 15) is 9.59 Å². The molecule has 1 N–H and O–H groups in total. The van der Waals surface area contributed by atoms with Gasteiger partial charge in [-0.3, -0.25) is 9.59 Å². The van der Waals surface area contributed by atoms with E-state index in [0.717, 1.165) is 16.5 Å². The number of hydrogen-bond acceptors (Lipinski definition) is 2. The maximum atomic E-state index is 13.4. The average Bonchev–Trinajstić information content (AvgIpc) is 2.78. The first kappa shape index (κ1) is 23.8. The topological polar surface area (TPSA) is 49.4 Å². The average molecular weight is 451 g/mol. The fraction of sp³-hybridized carbons (Fsp3) is 0.333. The lowest BCUT2D eigenvalue weighted by molar-refractivity contribution is -0.141. The highest BCUT2D eigenvalue weighted by Crippen LogP contribution is 2.21. The monoisotopic (exact) mass is 450 g/mol. The summed E-state index contributed by atoms with van der Waals surface area (Å²) in [5.74, 6) is -0.145. The Balaban J connectivity index is 1.82. The summed E-state index contributed by atoms with van der Waals surface area (Å²) in [6, 6.07) is 21.3. The Kier molecular flexibility index (Phi) is 8.29. The zero-order valence-corrected chi connectivity index (χ0v) is 19.7. The number of carbonyl (C=O) groups is 2. The van der Waals surface area contributed by atoms with Gasteiger partial charge in [-0.2, -0.15) is 0 Å². The van der Waals surface area contributed by atoms with E-state index in [1.165, 1.54) is 5.39 Å². The summed E-state index contributed by atoms with van der Waals surface area (Å²) in [5, 5.41) is 5.94. The van der Waals surface area contributed by atoms with Crippen LogP contribution < -0.4 is 5.32 Å². The van der Waals surface area contributed by atoms with Crippen LogP contribution >= 0.6 is 11.6 Å². The molecule has 0 spiro atoms. The van der Waals surface area contributed by atoms with E-state index < -0.39 is 6.04 Å². The summed E-state index contributed by atoms with van der Waals surface area (Å²) in [6.07, 6.45) is 1.51. The number of nitrogens with one attached hydrogen (secondary N) is 1. The van der Waals surface area contributed by atoms with Crippen molar-refractivity contribution in [1.29, 1.82) is 0 Å². The molecule has 168 valence electrons. The zero-order chi connectivity index (χ0) is 23.1. The SMILES string of the molecule is CCC(C(=O)NC(C)C)N(Cc1ccc(Cl)cc1)C(=O)CCc1cccc2ccccc12. The van der Waals surface area contributed by atoms with Gasteiger partial charge in [-0.1, -0.05) is 73.1 Å². The number of rotatable bonds is 9. The van der Waals surface area contributed by atoms with Crippen LogP contribution in [-0.4, -0.2) is 28.8 Å². The van der Waals surface area contributed by atoms with Crippen LogP contribution in [0.1, 0.15) is 44.7 Å². The third-order valence-corrected chi connectivity index (χ3v) is 5.82. The molecular weight excluding hydrogens is 420 g/mol. The molecule has 0 bridgehead atoms. The first-order valence-corrected chi connectivity index (χ1v) is 11.6. The second-order valence-corrected chi connectivity index (χ2v) is 8.81. The highest BCUT2D eigenvalue weighted by Gasteiger charge is 2.28. The van der Waals surface area contributed by atoms with Crippen molar-refractivity contribution >= 4 is 34.2 Å². The van der Waals surface area contributed by atoms with Crippen LogP contribution in [0.5, 0.6) is 0 Å². The Bertz CT molecular complexity index is 1060. The molecule has 5 heteroatoms. The van der Waals surface area contributed by atoms with Gasteiger partial charge < -0.3 is 10.2 Å². The molecule has 32 heavy (non-hydrogen) atoms. The number of carbonyl (C=O) groups excluding carboxylic acids is 2. The number of fused-ring (bicyclic) bond motifs is 1. The van der Waals surface area contributed by atoms with Crippen LogP contribution in [0.15, 0.2) is 66.7 Å². The first-order valence-electron chi connectivity index (χ1n) is 11.2. The van der Waals surface area contributed by atoms with Crippen LogP contribution in [0.2, 0.25) is 5.02 Å². The third kappa shape index (κ3) is 6.10. The smallest absolute Gasteiger partial charge is 0.243 e. The zero-order valence-electron chi connectivity index (χ0n) is 19.0. The molecule has 0 aromatic heterocycles. The standard InChI is InChI=1S/C27H31ClN2O2/c1-4-25(27(32)29-19(2)3)30(18-20-12-15-23(28)16-13-20)26(31)17-14-22-10-7-9-21-8-5-6-11-24(21)22/h5-13,15-16,19,25H,4,14,17-18H2,1-3H3,(H,29,32). The molecule has 0 saturated heterocycles. The van der Waals surface area contributed by atoms with E-state index in [4.69, 9.17) is 11.6 Å². The van der Waals surface area contributed by atoms with Gasteiger partial charge in [0, 0.05) is 24.0 Å². The van der Waals surface area contributed by atoms with Crippen molar-refractivity contribution in [2.45, 2.75) is 58.7 Å². The summed E-state index contributed by atoms with van der Waals surface area (Å²) in [4.78, 5) is 28.0. The van der Waals surface area contributed by atoms with Crippen LogP contribution in [0, 0.1) is 0 Å². The quantitative estimate of drug-likeness (QED) is 0.450. The van der Waals surface area contributed by atoms with Crippen molar-refractivity contribution in [1.82, 2.24) is 10.2 Å². The summed E-state index contributed by atoms with van der Waals surface area (Å²) in [7, 11) is 0. The Morgan fingerprint density at radius 3 is 2.34 bits per heavy atom. The van der Waals surface area contributed by atoms with Crippen LogP contribution in [-0.2, 0) is 22.6 Å². The predicted molar refractivity (Wildman–Crippen MR) is 132 cm³/mol. The Hall–Kier alpha value is -2.85. The Labute approximate surface area is 195 Å². The van der Waals surface area contributed by atoms with Crippen molar-refractivity contribution in [3.8, 4) is 0 Å². The van der Waals surface area contributed by atoms with E-state index in [1.807, 2.05) is 63.2 Å². The largest absolute Gasteiger partial charge is 0.352 e. The summed E-state index contributed by atoms with van der Waals surface area (Å²) in [5.41, 5.74) is 2.09. The van der Waals surface area contributed by atoms with Gasteiger partial charge in [-0.25, -0.2) is 0 Å². The summed E-state index contributed by atoms with van der Waals surface area (Å²) in [6.45, 7) is 6.17. The van der Waals surface area contributed by atoms with Gasteiger partial charge in [-0.05, 0) is 60.7 Å². The van der Waals surface area contributed by atoms with Crippen molar-refractivity contribution in [3.05, 3.63) is 82.9 Å². The van der Waals surface area contributed by atoms with Gasteiger partial charge in [0.15, 0.2) is 0 Å². The fourth-order valence-electron chi connectivity index (χ4n) is 3.98. The number of hydrogen-bond donors (Lipinski definition) is 1. The van der Waals surface area contributed by atoms with Crippen LogP contribution in [0.25, 0.3) is 10.8 Å². The molecule has 1 unspecified atom stereocenters. The number of aryl methyl sites for hydroxylation is 1. The molecule has 0 aliphatic heterocycles. The molecule has 3 aromatic rings. The number of nitrogens with zero attached hydrogens (tertiary/aromatic N) is 1. The normalized spacial score (nSPS) is 12.0. The molecule has 0 radical (unpaired) electrons. The molecule has 0 fully saturated rings. The fourth-order valence-corrected chi connectivity index (χ4v) is 4.11. The minimum atomic E-state index is -0.520. The molecule has 3 rings (SSSR count). The minimum absolute atomic E-state index is 0.0136. The molecule has 0 heterocycles. The summed E-state index contributed by atoms with van der Waals surface area (Å²) < 4.78 is 0. The number of halogens is 1. The van der Waals surface area contributed by atoms with Gasteiger partial charge >= 0.3 is 0 Å². The lowest BCUT2D eigenvalue weighted by Gasteiger charge is -2.31. The molecular formula is C27H31ClN2O2. The van der Waals surface area contributed by atoms with Gasteiger partial charge in [0.1, 0.15) is 6.04 Å². The van der Waals surface area contributed by atoms with Gasteiger partial charge in [0.05, 0.1) is 0 Å². The highest BCUT2D eigenvalue weighted by atomic mass is 35.5. The minimum Gasteiger partial charge on any atom is -0.352 e. The maximum absolute atomic E-state index is 13.4. The predicted octanol–water partition coefficient (Wildman–Crippen LogP) is 5.76. The molecule has 3 aromatic carbocycles. The van der Waals surface area contributed by atoms with E-state index in [1.54, 1.807) is 4.90 Å². The van der Waals surface area contributed by atoms with E-state index in [0.29, 0.717) is 30.8 Å². The van der Waals surface area contributed by atoms with Crippen molar-refractivity contribution < 1.29 is 9.59 Å². The second kappa shape index (κ2) is 11.1.